The molecular weight excluding hydrogens is 216 g/mol. The first-order valence-corrected chi connectivity index (χ1v) is 8.15. The predicted octanol–water partition coefficient (Wildman–Crippen LogP) is 5.89. The molecule has 0 aromatic rings. The molecule has 18 heavy (non-hydrogen) atoms. The summed E-state index contributed by atoms with van der Waals surface area (Å²) in [6, 6.07) is 0. The average molecular weight is 246 g/mol. The fourth-order valence-electron chi connectivity index (χ4n) is 3.84. The maximum atomic E-state index is 3.92. The normalized spacial score (nSPS) is 25.4. The zero-order chi connectivity index (χ0) is 12.8. The van der Waals surface area contributed by atoms with Gasteiger partial charge in [0.05, 0.1) is 0 Å². The van der Waals surface area contributed by atoms with Gasteiger partial charge in [-0.2, -0.15) is 0 Å². The van der Waals surface area contributed by atoms with Gasteiger partial charge in [0.25, 0.3) is 0 Å². The second kappa shape index (κ2) is 7.36. The van der Waals surface area contributed by atoms with Gasteiger partial charge in [-0.05, 0) is 75.0 Å². The minimum Gasteiger partial charge on any atom is -0.102 e. The highest BCUT2D eigenvalue weighted by molar-refractivity contribution is 5.12. The van der Waals surface area contributed by atoms with Crippen molar-refractivity contribution >= 4 is 0 Å². The molecule has 0 heteroatoms. The molecule has 0 amide bonds. The van der Waals surface area contributed by atoms with Crippen LogP contribution in [0.5, 0.6) is 0 Å². The SMILES string of the molecule is C=C[C]1CCC([C]2CCC(CCCC)CC2)CC1. The Hall–Kier alpha value is -0.260. The average Bonchev–Trinajstić information content (AvgIpc) is 2.46. The smallest absolute Gasteiger partial charge is 0.00299 e. The quantitative estimate of drug-likeness (QED) is 0.567. The van der Waals surface area contributed by atoms with Gasteiger partial charge in [-0.15, -0.1) is 6.58 Å². The first kappa shape index (κ1) is 14.2. The molecule has 0 saturated heterocycles. The van der Waals surface area contributed by atoms with Crippen molar-refractivity contribution in [2.45, 2.75) is 77.6 Å². The molecule has 2 rings (SSSR count). The van der Waals surface area contributed by atoms with Crippen LogP contribution < -0.4 is 0 Å². The zero-order valence-electron chi connectivity index (χ0n) is 12.2. The summed E-state index contributed by atoms with van der Waals surface area (Å²) in [6.45, 7) is 6.23. The number of allylic oxidation sites excluding steroid dienone is 1. The number of hydrogen-bond donors (Lipinski definition) is 0. The van der Waals surface area contributed by atoms with Crippen molar-refractivity contribution in [1.82, 2.24) is 0 Å². The highest BCUT2D eigenvalue weighted by Crippen LogP contribution is 2.44. The molecule has 2 saturated carbocycles. The summed E-state index contributed by atoms with van der Waals surface area (Å²) in [5, 5.41) is 0. The second-order valence-electron chi connectivity index (χ2n) is 6.38. The van der Waals surface area contributed by atoms with Gasteiger partial charge in [-0.25, -0.2) is 0 Å². The summed E-state index contributed by atoms with van der Waals surface area (Å²) < 4.78 is 0. The molecule has 2 fully saturated rings. The molecule has 0 heterocycles. The van der Waals surface area contributed by atoms with Crippen molar-refractivity contribution in [2.24, 2.45) is 11.8 Å². The first-order chi connectivity index (χ1) is 8.83. The minimum atomic E-state index is 0.959. The van der Waals surface area contributed by atoms with E-state index in [1.54, 1.807) is 5.92 Å². The van der Waals surface area contributed by atoms with E-state index in [2.05, 4.69) is 19.6 Å². The molecule has 2 aliphatic rings. The van der Waals surface area contributed by atoms with Crippen LogP contribution in [-0.4, -0.2) is 0 Å². The van der Waals surface area contributed by atoms with E-state index in [4.69, 9.17) is 0 Å². The Labute approximate surface area is 114 Å². The Balaban J connectivity index is 1.68. The van der Waals surface area contributed by atoms with Gasteiger partial charge in [0.2, 0.25) is 0 Å². The third-order valence-electron chi connectivity index (χ3n) is 5.21. The molecule has 0 N–H and O–H groups in total. The molecule has 2 aliphatic carbocycles. The third kappa shape index (κ3) is 3.87. The summed E-state index contributed by atoms with van der Waals surface area (Å²) >= 11 is 0. The van der Waals surface area contributed by atoms with Crippen LogP contribution in [0, 0.1) is 23.7 Å². The lowest BCUT2D eigenvalue weighted by atomic mass is 9.69. The summed E-state index contributed by atoms with van der Waals surface area (Å²) in [5.74, 6) is 5.53. The zero-order valence-corrected chi connectivity index (χ0v) is 12.2. The van der Waals surface area contributed by atoms with E-state index in [1.165, 1.54) is 70.6 Å². The lowest BCUT2D eigenvalue weighted by Crippen LogP contribution is -2.23. The Morgan fingerprint density at radius 2 is 1.72 bits per heavy atom. The molecule has 0 spiro atoms. The van der Waals surface area contributed by atoms with Crippen molar-refractivity contribution < 1.29 is 0 Å². The van der Waals surface area contributed by atoms with Gasteiger partial charge in [0, 0.05) is 0 Å². The van der Waals surface area contributed by atoms with Crippen LogP contribution in [0.15, 0.2) is 12.7 Å². The van der Waals surface area contributed by atoms with Crippen molar-refractivity contribution in [1.29, 1.82) is 0 Å². The summed E-state index contributed by atoms with van der Waals surface area (Å²) in [5.41, 5.74) is 0. The van der Waals surface area contributed by atoms with E-state index in [0.29, 0.717) is 0 Å². The van der Waals surface area contributed by atoms with Crippen molar-refractivity contribution in [3.05, 3.63) is 24.5 Å². The Morgan fingerprint density at radius 1 is 1.06 bits per heavy atom. The van der Waals surface area contributed by atoms with Crippen LogP contribution in [0.25, 0.3) is 0 Å². The Morgan fingerprint density at radius 3 is 2.28 bits per heavy atom. The molecule has 102 valence electrons. The first-order valence-electron chi connectivity index (χ1n) is 8.15. The van der Waals surface area contributed by atoms with E-state index >= 15 is 0 Å². The fourth-order valence-corrected chi connectivity index (χ4v) is 3.84. The largest absolute Gasteiger partial charge is 0.102 e. The van der Waals surface area contributed by atoms with E-state index in [1.807, 2.05) is 5.92 Å². The molecule has 0 nitrogen and oxygen atoms in total. The van der Waals surface area contributed by atoms with Gasteiger partial charge in [-0.1, -0.05) is 32.3 Å². The van der Waals surface area contributed by atoms with Crippen LogP contribution in [-0.2, 0) is 0 Å². The van der Waals surface area contributed by atoms with Gasteiger partial charge in [-0.3, -0.25) is 0 Å². The van der Waals surface area contributed by atoms with E-state index in [9.17, 15) is 0 Å². The molecule has 0 aromatic heterocycles. The highest BCUT2D eigenvalue weighted by Gasteiger charge is 2.30. The van der Waals surface area contributed by atoms with Gasteiger partial charge < -0.3 is 0 Å². The van der Waals surface area contributed by atoms with Gasteiger partial charge >= 0.3 is 0 Å². The van der Waals surface area contributed by atoms with Gasteiger partial charge in [0.15, 0.2) is 0 Å². The standard InChI is InChI=1S/C18H30/c1-3-5-6-16-9-13-18(14-10-16)17-11-7-15(4-2)8-12-17/h4,16-17H,2-3,5-14H2,1H3. The van der Waals surface area contributed by atoms with Crippen molar-refractivity contribution in [3.8, 4) is 0 Å². The minimum absolute atomic E-state index is 0.959. The molecule has 2 radical (unpaired) electrons. The summed E-state index contributed by atoms with van der Waals surface area (Å²) in [7, 11) is 0. The summed E-state index contributed by atoms with van der Waals surface area (Å²) in [6.07, 6.45) is 17.7. The van der Waals surface area contributed by atoms with Gasteiger partial charge in [0.1, 0.15) is 0 Å². The fraction of sp³-hybridized carbons (Fsp3) is 0.778. The Bertz CT molecular complexity index is 226. The van der Waals surface area contributed by atoms with Crippen LogP contribution in [0.4, 0.5) is 0 Å². The number of hydrogen-bond acceptors (Lipinski definition) is 0. The lowest BCUT2D eigenvalue weighted by Gasteiger charge is -2.36. The topological polar surface area (TPSA) is 0 Å². The predicted molar refractivity (Wildman–Crippen MR) is 80.1 cm³/mol. The van der Waals surface area contributed by atoms with Crippen LogP contribution in [0.2, 0.25) is 0 Å². The van der Waals surface area contributed by atoms with Crippen LogP contribution in [0.3, 0.4) is 0 Å². The van der Waals surface area contributed by atoms with Crippen molar-refractivity contribution in [2.75, 3.05) is 0 Å². The molecule has 0 aliphatic heterocycles. The summed E-state index contributed by atoms with van der Waals surface area (Å²) in [4.78, 5) is 0. The monoisotopic (exact) mass is 246 g/mol. The van der Waals surface area contributed by atoms with Crippen LogP contribution >= 0.6 is 0 Å². The lowest BCUT2D eigenvalue weighted by molar-refractivity contribution is 0.285. The molecule has 0 bridgehead atoms. The third-order valence-corrected chi connectivity index (χ3v) is 5.21. The maximum absolute atomic E-state index is 3.92. The molecule has 0 aromatic carbocycles. The number of unbranched alkanes of at least 4 members (excludes halogenated alkanes) is 1. The maximum Gasteiger partial charge on any atom is -0.00299 e. The molecule has 0 atom stereocenters. The molecule has 0 unspecified atom stereocenters. The van der Waals surface area contributed by atoms with Crippen molar-refractivity contribution in [3.63, 3.8) is 0 Å². The van der Waals surface area contributed by atoms with E-state index in [-0.39, 0.29) is 0 Å². The Kier molecular flexibility index (Phi) is 5.79. The highest BCUT2D eigenvalue weighted by atomic mass is 14.3. The number of rotatable bonds is 5. The van der Waals surface area contributed by atoms with Crippen LogP contribution in [0.1, 0.15) is 77.6 Å². The second-order valence-corrected chi connectivity index (χ2v) is 6.38. The molecular formula is C18H30. The van der Waals surface area contributed by atoms with E-state index < -0.39 is 0 Å². The van der Waals surface area contributed by atoms with E-state index in [0.717, 1.165) is 11.8 Å².